The van der Waals surface area contributed by atoms with Gasteiger partial charge in [-0.2, -0.15) is 0 Å². The van der Waals surface area contributed by atoms with E-state index in [0.717, 1.165) is 38.4 Å². The molecule has 264 valence electrons. The average Bonchev–Trinajstić information content (AvgIpc) is 3.70. The molecule has 7 nitrogen and oxygen atoms in total. The molecule has 54 heavy (non-hydrogen) atoms. The van der Waals surface area contributed by atoms with Crippen LogP contribution in [0.5, 0.6) is 0 Å². The Hall–Kier alpha value is -6.55. The van der Waals surface area contributed by atoms with Gasteiger partial charge in [0.2, 0.25) is 5.91 Å². The Labute approximate surface area is 321 Å². The second-order valence-electron chi connectivity index (χ2n) is 12.1. The summed E-state index contributed by atoms with van der Waals surface area (Å²) in [6.45, 7) is 0. The van der Waals surface area contributed by atoms with Crippen LogP contribution in [0, 0.1) is 0 Å². The van der Waals surface area contributed by atoms with Gasteiger partial charge in [-0.15, -0.1) is 23.1 Å². The molecule has 7 rings (SSSR count). The van der Waals surface area contributed by atoms with E-state index in [9.17, 15) is 14.4 Å². The van der Waals surface area contributed by atoms with Crippen LogP contribution in [-0.4, -0.2) is 22.7 Å². The van der Waals surface area contributed by atoms with Gasteiger partial charge in [0.1, 0.15) is 10.9 Å². The van der Waals surface area contributed by atoms with Crippen molar-refractivity contribution in [3.05, 3.63) is 198 Å². The summed E-state index contributed by atoms with van der Waals surface area (Å²) >= 11 is 2.78. The van der Waals surface area contributed by atoms with Crippen LogP contribution in [0.1, 0.15) is 26.7 Å². The van der Waals surface area contributed by atoms with Crippen molar-refractivity contribution in [1.82, 2.24) is 10.3 Å². The number of benzene rings is 6. The van der Waals surface area contributed by atoms with E-state index < -0.39 is 17.1 Å². The molecular weight excluding hydrogens is 709 g/mol. The van der Waals surface area contributed by atoms with Gasteiger partial charge in [-0.3, -0.25) is 14.4 Å². The lowest BCUT2D eigenvalue weighted by molar-refractivity contribution is -0.116. The number of carbonyl (C=O) groups is 3. The number of rotatable bonds is 12. The lowest BCUT2D eigenvalue weighted by Crippen LogP contribution is -2.30. The van der Waals surface area contributed by atoms with Crippen molar-refractivity contribution in [3.63, 3.8) is 0 Å². The molecule has 0 saturated carbocycles. The lowest BCUT2D eigenvalue weighted by Gasteiger charge is -2.17. The maximum absolute atomic E-state index is 13.7. The molecule has 9 heteroatoms. The van der Waals surface area contributed by atoms with Gasteiger partial charge in [-0.1, -0.05) is 133 Å². The van der Waals surface area contributed by atoms with Crippen LogP contribution < -0.4 is 16.0 Å². The third kappa shape index (κ3) is 9.27. The molecule has 7 aromatic rings. The number of aromatic nitrogens is 1. The van der Waals surface area contributed by atoms with Crippen LogP contribution in [0.3, 0.4) is 0 Å². The molecule has 0 spiro atoms. The van der Waals surface area contributed by atoms with Gasteiger partial charge < -0.3 is 16.0 Å². The van der Waals surface area contributed by atoms with Gasteiger partial charge >= 0.3 is 0 Å². The second-order valence-corrected chi connectivity index (χ2v) is 14.2. The van der Waals surface area contributed by atoms with Gasteiger partial charge in [-0.05, 0) is 64.7 Å². The molecule has 1 aromatic heterocycles. The number of nitrogens with zero attached hydrogens (tertiary/aromatic N) is 1. The van der Waals surface area contributed by atoms with E-state index in [1.165, 1.54) is 23.1 Å². The van der Waals surface area contributed by atoms with Crippen LogP contribution in [0.2, 0.25) is 0 Å². The van der Waals surface area contributed by atoms with E-state index >= 15 is 0 Å². The predicted molar refractivity (Wildman–Crippen MR) is 220 cm³/mol. The number of nitrogens with one attached hydrogen (secondary N) is 3. The minimum absolute atomic E-state index is 0.0909. The number of carbonyl (C=O) groups excluding carboxylic acids is 3. The van der Waals surface area contributed by atoms with Crippen LogP contribution in [0.15, 0.2) is 186 Å². The standard InChI is InChI=1S/C45H34N4O3S2/c50-42(36-19-11-4-12-20-36)47-39(29-31-21-23-33(24-22-31)32-13-5-1-6-14-32)43(51)46-37-25-27-38(28-26-37)54-41(35-17-9-3-10-18-35)44(52)49-45-48-40(30-53-45)34-15-7-2-8-16-34/h1-30,41H,(H,46,51)(H,47,50)(H,48,49,52)/b39-29-. The first-order valence-corrected chi connectivity index (χ1v) is 18.9. The smallest absolute Gasteiger partial charge is 0.272 e. The van der Waals surface area contributed by atoms with Gasteiger partial charge in [0, 0.05) is 27.1 Å². The molecule has 3 N–H and O–H groups in total. The van der Waals surface area contributed by atoms with Gasteiger partial charge in [-0.25, -0.2) is 4.98 Å². The number of hydrogen-bond acceptors (Lipinski definition) is 6. The third-order valence-corrected chi connectivity index (χ3v) is 10.4. The van der Waals surface area contributed by atoms with Crippen LogP contribution in [0.4, 0.5) is 10.8 Å². The van der Waals surface area contributed by atoms with Crippen molar-refractivity contribution in [2.24, 2.45) is 0 Å². The minimum atomic E-state index is -0.563. The van der Waals surface area contributed by atoms with E-state index in [-0.39, 0.29) is 11.6 Å². The minimum Gasteiger partial charge on any atom is -0.321 e. The first-order chi connectivity index (χ1) is 26.5. The molecule has 1 unspecified atom stereocenters. The predicted octanol–water partition coefficient (Wildman–Crippen LogP) is 10.4. The Balaban J connectivity index is 1.07. The zero-order valence-electron chi connectivity index (χ0n) is 28.9. The first-order valence-electron chi connectivity index (χ1n) is 17.2. The summed E-state index contributed by atoms with van der Waals surface area (Å²) in [5.41, 5.74) is 6.55. The van der Waals surface area contributed by atoms with E-state index in [1.54, 1.807) is 42.5 Å². The molecule has 0 fully saturated rings. The van der Waals surface area contributed by atoms with E-state index in [0.29, 0.717) is 16.4 Å². The van der Waals surface area contributed by atoms with Crippen LogP contribution in [0.25, 0.3) is 28.5 Å². The topological polar surface area (TPSA) is 100 Å². The molecule has 1 atom stereocenters. The summed E-state index contributed by atoms with van der Waals surface area (Å²) in [7, 11) is 0. The fourth-order valence-corrected chi connectivity index (χ4v) is 7.35. The number of anilines is 2. The van der Waals surface area contributed by atoms with Crippen LogP contribution >= 0.6 is 23.1 Å². The Kier molecular flexibility index (Phi) is 11.5. The van der Waals surface area contributed by atoms with E-state index in [2.05, 4.69) is 20.9 Å². The number of thioether (sulfide) groups is 1. The molecule has 0 aliphatic rings. The molecule has 6 aromatic carbocycles. The summed E-state index contributed by atoms with van der Waals surface area (Å²) in [5.74, 6) is -1.08. The fraction of sp³-hybridized carbons (Fsp3) is 0.0222. The Bertz CT molecular complexity index is 2370. The van der Waals surface area contributed by atoms with E-state index in [4.69, 9.17) is 0 Å². The summed E-state index contributed by atoms with van der Waals surface area (Å²) in [4.78, 5) is 46.1. The second kappa shape index (κ2) is 17.3. The number of thiazole rings is 1. The highest BCUT2D eigenvalue weighted by molar-refractivity contribution is 8.00. The Morgan fingerprint density at radius 3 is 1.83 bits per heavy atom. The molecule has 0 aliphatic heterocycles. The lowest BCUT2D eigenvalue weighted by atomic mass is 10.0. The highest BCUT2D eigenvalue weighted by atomic mass is 32.2. The first kappa shape index (κ1) is 35.8. The summed E-state index contributed by atoms with van der Waals surface area (Å²) in [6, 6.07) is 53.2. The summed E-state index contributed by atoms with van der Waals surface area (Å²) < 4.78 is 0. The maximum Gasteiger partial charge on any atom is 0.272 e. The van der Waals surface area contributed by atoms with Gasteiger partial charge in [0.05, 0.1) is 5.69 Å². The monoisotopic (exact) mass is 742 g/mol. The molecule has 0 bridgehead atoms. The number of hydrogen-bond donors (Lipinski definition) is 3. The SMILES string of the molecule is O=C(Nc1ccc(SC(C(=O)Nc2nc(-c3ccccc3)cs2)c2ccccc2)cc1)/C(=C/c1ccc(-c2ccccc2)cc1)NC(=O)c1ccccc1. The summed E-state index contributed by atoms with van der Waals surface area (Å²) in [6.07, 6.45) is 1.66. The van der Waals surface area contributed by atoms with Crippen molar-refractivity contribution in [3.8, 4) is 22.4 Å². The molecule has 0 saturated heterocycles. The van der Waals surface area contributed by atoms with Crippen molar-refractivity contribution in [2.45, 2.75) is 10.1 Å². The highest BCUT2D eigenvalue weighted by Crippen LogP contribution is 2.37. The number of amides is 3. The Morgan fingerprint density at radius 1 is 0.611 bits per heavy atom. The van der Waals surface area contributed by atoms with Crippen LogP contribution in [-0.2, 0) is 9.59 Å². The third-order valence-electron chi connectivity index (χ3n) is 8.37. The molecule has 1 heterocycles. The normalized spacial score (nSPS) is 11.7. The van der Waals surface area contributed by atoms with Crippen molar-refractivity contribution >= 4 is 57.7 Å². The fourth-order valence-electron chi connectivity index (χ4n) is 5.61. The quantitative estimate of drug-likeness (QED) is 0.0855. The zero-order chi connectivity index (χ0) is 37.1. The zero-order valence-corrected chi connectivity index (χ0v) is 30.5. The highest BCUT2D eigenvalue weighted by Gasteiger charge is 2.24. The van der Waals surface area contributed by atoms with Gasteiger partial charge in [0.25, 0.3) is 11.8 Å². The Morgan fingerprint density at radius 2 is 1.19 bits per heavy atom. The van der Waals surface area contributed by atoms with Gasteiger partial charge in [0.15, 0.2) is 5.13 Å². The molecule has 0 aliphatic carbocycles. The van der Waals surface area contributed by atoms with E-state index in [1.807, 2.05) is 139 Å². The average molecular weight is 743 g/mol. The maximum atomic E-state index is 13.7. The largest absolute Gasteiger partial charge is 0.321 e. The molecule has 3 amide bonds. The summed E-state index contributed by atoms with van der Waals surface area (Å²) in [5, 5.41) is 10.6. The molecule has 0 radical (unpaired) electrons. The van der Waals surface area contributed by atoms with Crippen molar-refractivity contribution in [2.75, 3.05) is 10.6 Å². The van der Waals surface area contributed by atoms with Crippen molar-refractivity contribution in [1.29, 1.82) is 0 Å². The molecular formula is C45H34N4O3S2. The van der Waals surface area contributed by atoms with Crippen molar-refractivity contribution < 1.29 is 14.4 Å².